The van der Waals surface area contributed by atoms with Crippen LogP contribution in [0.3, 0.4) is 0 Å². The van der Waals surface area contributed by atoms with E-state index in [0.717, 1.165) is 17.8 Å². The molecule has 1 aromatic heterocycles. The van der Waals surface area contributed by atoms with Gasteiger partial charge in [-0.3, -0.25) is 20.2 Å². The van der Waals surface area contributed by atoms with E-state index < -0.39 is 15.5 Å². The van der Waals surface area contributed by atoms with E-state index in [1.54, 1.807) is 24.3 Å². The third-order valence-electron chi connectivity index (χ3n) is 3.29. The van der Waals surface area contributed by atoms with Crippen LogP contribution in [0.5, 0.6) is 5.75 Å². The topological polar surface area (TPSA) is 134 Å². The fourth-order valence-electron chi connectivity index (χ4n) is 2.12. The van der Waals surface area contributed by atoms with Crippen molar-refractivity contribution in [2.75, 3.05) is 7.11 Å². The number of nitro groups is 2. The van der Waals surface area contributed by atoms with Gasteiger partial charge in [-0.15, -0.1) is 10.2 Å². The first-order valence-corrected chi connectivity index (χ1v) is 7.89. The second kappa shape index (κ2) is 7.19. The van der Waals surface area contributed by atoms with E-state index in [2.05, 4.69) is 10.2 Å². The van der Waals surface area contributed by atoms with E-state index >= 15 is 0 Å². The summed E-state index contributed by atoms with van der Waals surface area (Å²) in [5.41, 5.74) is -0.213. The lowest BCUT2D eigenvalue weighted by Gasteiger charge is -2.03. The summed E-state index contributed by atoms with van der Waals surface area (Å²) in [6.07, 6.45) is 0. The smallest absolute Gasteiger partial charge is 0.290 e. The monoisotopic (exact) mass is 374 g/mol. The Morgan fingerprint density at radius 1 is 1.08 bits per heavy atom. The van der Waals surface area contributed by atoms with Gasteiger partial charge in [-0.25, -0.2) is 0 Å². The van der Waals surface area contributed by atoms with Crippen LogP contribution in [0.1, 0.15) is 0 Å². The van der Waals surface area contributed by atoms with Gasteiger partial charge in [0.2, 0.25) is 0 Å². The average Bonchev–Trinajstić information content (AvgIpc) is 3.10. The van der Waals surface area contributed by atoms with Gasteiger partial charge >= 0.3 is 0 Å². The number of hydrogen-bond acceptors (Lipinski definition) is 9. The molecule has 0 saturated heterocycles. The lowest BCUT2D eigenvalue weighted by Crippen LogP contribution is -1.94. The molecule has 0 spiro atoms. The maximum absolute atomic E-state index is 11.2. The van der Waals surface area contributed by atoms with Crippen molar-refractivity contribution < 1.29 is 19.0 Å². The summed E-state index contributed by atoms with van der Waals surface area (Å²) in [6, 6.07) is 10.4. The Hall–Kier alpha value is -3.47. The Balaban J connectivity index is 1.92. The molecule has 132 valence electrons. The molecule has 3 aromatic rings. The molecule has 10 nitrogen and oxygen atoms in total. The summed E-state index contributed by atoms with van der Waals surface area (Å²) < 4.78 is 10.8. The first-order chi connectivity index (χ1) is 12.5. The number of methoxy groups -OCH3 is 1. The summed E-state index contributed by atoms with van der Waals surface area (Å²) >= 11 is 0.847. The zero-order valence-electron chi connectivity index (χ0n) is 13.2. The second-order valence-electron chi connectivity index (χ2n) is 4.84. The standard InChI is InChI=1S/C15H10N4O6S/c1-24-12-5-3-2-4-10(12)14-16-17-15(25-14)26-13-7-6-9(18(20)21)8-11(13)19(22)23/h2-8H,1H3. The highest BCUT2D eigenvalue weighted by molar-refractivity contribution is 7.99. The van der Waals surface area contributed by atoms with Crippen molar-refractivity contribution in [3.05, 3.63) is 62.7 Å². The minimum Gasteiger partial charge on any atom is -0.496 e. The van der Waals surface area contributed by atoms with E-state index in [-0.39, 0.29) is 21.7 Å². The van der Waals surface area contributed by atoms with Crippen LogP contribution in [0.25, 0.3) is 11.5 Å². The Bertz CT molecular complexity index is 990. The molecule has 1 heterocycles. The molecule has 0 fully saturated rings. The molecule has 0 aliphatic heterocycles. The Kier molecular flexibility index (Phi) is 4.80. The molecule has 0 aliphatic carbocycles. The van der Waals surface area contributed by atoms with E-state index in [1.807, 2.05) is 0 Å². The molecular weight excluding hydrogens is 364 g/mol. The van der Waals surface area contributed by atoms with E-state index in [9.17, 15) is 20.2 Å². The predicted molar refractivity (Wildman–Crippen MR) is 90.2 cm³/mol. The largest absolute Gasteiger partial charge is 0.496 e. The quantitative estimate of drug-likeness (QED) is 0.467. The minimum atomic E-state index is -0.702. The number of nitro benzene ring substituents is 2. The molecule has 0 N–H and O–H groups in total. The van der Waals surface area contributed by atoms with Crippen molar-refractivity contribution in [3.63, 3.8) is 0 Å². The molecule has 0 amide bonds. The first kappa shape index (κ1) is 17.4. The average molecular weight is 374 g/mol. The summed E-state index contributed by atoms with van der Waals surface area (Å²) in [5.74, 6) is 0.725. The first-order valence-electron chi connectivity index (χ1n) is 7.07. The van der Waals surface area contributed by atoms with Gasteiger partial charge in [0.05, 0.1) is 33.5 Å². The van der Waals surface area contributed by atoms with Gasteiger partial charge in [-0.2, -0.15) is 0 Å². The van der Waals surface area contributed by atoms with Crippen molar-refractivity contribution in [1.29, 1.82) is 0 Å². The molecule has 3 rings (SSSR count). The number of rotatable bonds is 6. The van der Waals surface area contributed by atoms with E-state index in [4.69, 9.17) is 9.15 Å². The Labute approximate surface area is 150 Å². The Morgan fingerprint density at radius 3 is 2.54 bits per heavy atom. The lowest BCUT2D eigenvalue weighted by atomic mass is 10.2. The van der Waals surface area contributed by atoms with E-state index in [1.165, 1.54) is 19.2 Å². The molecule has 11 heteroatoms. The molecule has 0 radical (unpaired) electrons. The van der Waals surface area contributed by atoms with Crippen LogP contribution in [0, 0.1) is 20.2 Å². The van der Waals surface area contributed by atoms with Gasteiger partial charge in [0.25, 0.3) is 22.5 Å². The van der Waals surface area contributed by atoms with Gasteiger partial charge in [-0.1, -0.05) is 12.1 Å². The predicted octanol–water partition coefficient (Wildman–Crippen LogP) is 3.71. The molecule has 0 saturated carbocycles. The third-order valence-corrected chi connectivity index (χ3v) is 4.20. The van der Waals surface area contributed by atoms with Crippen molar-refractivity contribution in [2.24, 2.45) is 0 Å². The number of ether oxygens (including phenoxy) is 1. The van der Waals surface area contributed by atoms with Crippen LogP contribution in [0.15, 0.2) is 57.0 Å². The van der Waals surface area contributed by atoms with Crippen LogP contribution in [-0.2, 0) is 0 Å². The van der Waals surface area contributed by atoms with Crippen molar-refractivity contribution in [3.8, 4) is 17.2 Å². The molecule has 0 unspecified atom stereocenters. The Morgan fingerprint density at radius 2 is 1.85 bits per heavy atom. The van der Waals surface area contributed by atoms with Crippen LogP contribution < -0.4 is 4.74 Å². The number of non-ortho nitro benzene ring substituents is 1. The van der Waals surface area contributed by atoms with Gasteiger partial charge in [0, 0.05) is 6.07 Å². The molecule has 0 bridgehead atoms. The normalized spacial score (nSPS) is 10.5. The number of aromatic nitrogens is 2. The molecule has 0 atom stereocenters. The summed E-state index contributed by atoms with van der Waals surface area (Å²) in [5, 5.41) is 29.8. The highest BCUT2D eigenvalue weighted by Gasteiger charge is 2.22. The molecular formula is C15H10N4O6S. The number of para-hydroxylation sites is 1. The second-order valence-corrected chi connectivity index (χ2v) is 5.83. The van der Waals surface area contributed by atoms with Crippen molar-refractivity contribution >= 4 is 23.1 Å². The highest BCUT2D eigenvalue weighted by Crippen LogP contribution is 2.38. The fourth-order valence-corrected chi connectivity index (χ4v) is 2.89. The fraction of sp³-hybridized carbons (Fsp3) is 0.0667. The number of hydrogen-bond donors (Lipinski definition) is 0. The SMILES string of the molecule is COc1ccccc1-c1nnc(Sc2ccc([N+](=O)[O-])cc2[N+](=O)[O-])o1. The van der Waals surface area contributed by atoms with Crippen LogP contribution in [-0.4, -0.2) is 27.2 Å². The summed E-state index contributed by atoms with van der Waals surface area (Å²) in [4.78, 5) is 20.7. The van der Waals surface area contributed by atoms with E-state index in [0.29, 0.717) is 11.3 Å². The number of nitrogens with zero attached hydrogens (tertiary/aromatic N) is 4. The maximum Gasteiger partial charge on any atom is 0.290 e. The van der Waals surface area contributed by atoms with Gasteiger partial charge in [0.1, 0.15) is 5.75 Å². The molecule has 2 aromatic carbocycles. The zero-order chi connectivity index (χ0) is 18.7. The zero-order valence-corrected chi connectivity index (χ0v) is 14.0. The van der Waals surface area contributed by atoms with Gasteiger partial charge < -0.3 is 9.15 Å². The van der Waals surface area contributed by atoms with Crippen LogP contribution in [0.4, 0.5) is 11.4 Å². The van der Waals surface area contributed by atoms with Gasteiger partial charge in [0.15, 0.2) is 0 Å². The van der Waals surface area contributed by atoms with Crippen molar-refractivity contribution in [2.45, 2.75) is 10.1 Å². The highest BCUT2D eigenvalue weighted by atomic mass is 32.2. The molecule has 26 heavy (non-hydrogen) atoms. The summed E-state index contributed by atoms with van der Waals surface area (Å²) in [7, 11) is 1.51. The number of benzene rings is 2. The van der Waals surface area contributed by atoms with Crippen LogP contribution >= 0.6 is 11.8 Å². The van der Waals surface area contributed by atoms with Crippen LogP contribution in [0.2, 0.25) is 0 Å². The molecule has 0 aliphatic rings. The third kappa shape index (κ3) is 3.47. The minimum absolute atomic E-state index is 0.0582. The van der Waals surface area contributed by atoms with Crippen molar-refractivity contribution in [1.82, 2.24) is 10.2 Å². The maximum atomic E-state index is 11.2. The lowest BCUT2D eigenvalue weighted by molar-refractivity contribution is -0.396. The van der Waals surface area contributed by atoms with Gasteiger partial charge in [-0.05, 0) is 30.0 Å². The summed E-state index contributed by atoms with van der Waals surface area (Å²) in [6.45, 7) is 0.